The van der Waals surface area contributed by atoms with Crippen LogP contribution in [-0.2, 0) is 4.74 Å². The van der Waals surface area contributed by atoms with Crippen molar-refractivity contribution in [1.82, 2.24) is 0 Å². The summed E-state index contributed by atoms with van der Waals surface area (Å²) in [6, 6.07) is 6.56. The molecule has 0 bridgehead atoms. The van der Waals surface area contributed by atoms with Gasteiger partial charge in [-0.2, -0.15) is 5.26 Å². The van der Waals surface area contributed by atoms with E-state index in [4.69, 9.17) is 21.6 Å². The van der Waals surface area contributed by atoms with Gasteiger partial charge < -0.3 is 4.74 Å². The predicted molar refractivity (Wildman–Crippen MR) is 61.4 cm³/mol. The van der Waals surface area contributed by atoms with Gasteiger partial charge in [0.1, 0.15) is 6.07 Å². The lowest BCUT2D eigenvalue weighted by atomic mass is 10.2. The first kappa shape index (κ1) is 12.3. The Hall–Kier alpha value is -1.73. The fraction of sp³-hybridized carbons (Fsp3) is 0.273. The Morgan fingerprint density at radius 2 is 2.25 bits per heavy atom. The summed E-state index contributed by atoms with van der Waals surface area (Å²) >= 11 is 5.80. The lowest BCUT2D eigenvalue weighted by Crippen LogP contribution is -2.17. The average Bonchev–Trinajstić information content (AvgIpc) is 2.16. The molecule has 0 radical (unpaired) electrons. The Balaban J connectivity index is 2.73. The van der Waals surface area contributed by atoms with Crippen LogP contribution in [0.15, 0.2) is 18.2 Å². The molecule has 0 aliphatic rings. The number of benzene rings is 1. The van der Waals surface area contributed by atoms with Gasteiger partial charge in [-0.1, -0.05) is 11.6 Å². The van der Waals surface area contributed by atoms with Crippen LogP contribution < -0.4 is 5.32 Å². The summed E-state index contributed by atoms with van der Waals surface area (Å²) in [5.41, 5.74) is 0.860. The maximum atomic E-state index is 11.2. The number of nitrogens with zero attached hydrogens (tertiary/aromatic N) is 1. The highest BCUT2D eigenvalue weighted by Crippen LogP contribution is 2.20. The maximum Gasteiger partial charge on any atom is 0.411 e. The second-order valence-electron chi connectivity index (χ2n) is 3.39. The molecule has 16 heavy (non-hydrogen) atoms. The molecule has 1 aromatic carbocycles. The van der Waals surface area contributed by atoms with Gasteiger partial charge in [-0.15, -0.1) is 0 Å². The summed E-state index contributed by atoms with van der Waals surface area (Å²) in [6.07, 6.45) is -0.732. The predicted octanol–water partition coefficient (Wildman–Crippen LogP) is 3.17. The molecule has 4 nitrogen and oxygen atoms in total. The number of nitrogens with one attached hydrogen (secondary N) is 1. The Labute approximate surface area is 98.8 Å². The largest absolute Gasteiger partial charge is 0.447 e. The first-order chi connectivity index (χ1) is 7.52. The second-order valence-corrected chi connectivity index (χ2v) is 3.79. The summed E-state index contributed by atoms with van der Waals surface area (Å²) in [4.78, 5) is 11.2. The van der Waals surface area contributed by atoms with Crippen molar-refractivity contribution in [3.05, 3.63) is 28.8 Å². The van der Waals surface area contributed by atoms with Crippen molar-refractivity contribution in [3.8, 4) is 6.07 Å². The van der Waals surface area contributed by atoms with E-state index < -0.39 is 6.09 Å². The van der Waals surface area contributed by atoms with Gasteiger partial charge in [-0.25, -0.2) is 4.79 Å². The van der Waals surface area contributed by atoms with Crippen molar-refractivity contribution >= 4 is 23.4 Å². The number of ether oxygens (including phenoxy) is 1. The van der Waals surface area contributed by atoms with Gasteiger partial charge in [0.25, 0.3) is 0 Å². The molecule has 0 saturated heterocycles. The van der Waals surface area contributed by atoms with E-state index >= 15 is 0 Å². The Morgan fingerprint density at radius 1 is 1.56 bits per heavy atom. The number of hydrogen-bond acceptors (Lipinski definition) is 3. The number of carbonyl (C=O) groups excluding carboxylic acids is 1. The molecule has 0 spiro atoms. The minimum absolute atomic E-state index is 0.186. The molecule has 1 rings (SSSR count). The minimum atomic E-state index is -0.546. The van der Waals surface area contributed by atoms with Crippen molar-refractivity contribution < 1.29 is 9.53 Å². The second kappa shape index (κ2) is 5.38. The third-order valence-electron chi connectivity index (χ3n) is 1.68. The number of nitriles is 1. The Bertz CT molecular complexity index is 438. The molecule has 1 amide bonds. The van der Waals surface area contributed by atoms with Gasteiger partial charge in [-0.05, 0) is 32.0 Å². The summed E-state index contributed by atoms with van der Waals surface area (Å²) in [6.45, 7) is 3.51. The number of anilines is 1. The van der Waals surface area contributed by atoms with E-state index in [0.717, 1.165) is 0 Å². The molecule has 1 aromatic rings. The number of carbonyl (C=O) groups is 1. The standard InChI is InChI=1S/C11H11ClN2O2/c1-7(2)16-11(15)14-9-4-3-8(6-13)10(12)5-9/h3-5,7H,1-2H3,(H,14,15). The molecule has 0 unspecified atom stereocenters. The zero-order valence-electron chi connectivity index (χ0n) is 8.95. The zero-order valence-corrected chi connectivity index (χ0v) is 9.71. The first-order valence-corrected chi connectivity index (χ1v) is 5.08. The summed E-state index contributed by atoms with van der Waals surface area (Å²) in [5.74, 6) is 0. The van der Waals surface area contributed by atoms with E-state index in [2.05, 4.69) is 5.32 Å². The number of halogens is 1. The normalized spacial score (nSPS) is 9.69. The fourth-order valence-electron chi connectivity index (χ4n) is 1.04. The van der Waals surface area contributed by atoms with Gasteiger partial charge in [0.2, 0.25) is 0 Å². The highest BCUT2D eigenvalue weighted by Gasteiger charge is 2.07. The summed E-state index contributed by atoms with van der Waals surface area (Å²) < 4.78 is 4.89. The first-order valence-electron chi connectivity index (χ1n) is 4.70. The molecule has 0 aliphatic carbocycles. The summed E-state index contributed by atoms with van der Waals surface area (Å²) in [5, 5.41) is 11.5. The average molecular weight is 239 g/mol. The van der Waals surface area contributed by atoms with Crippen LogP contribution in [-0.4, -0.2) is 12.2 Å². The molecule has 5 heteroatoms. The molecule has 0 heterocycles. The van der Waals surface area contributed by atoms with Crippen LogP contribution in [0.4, 0.5) is 10.5 Å². The van der Waals surface area contributed by atoms with E-state index in [1.165, 1.54) is 12.1 Å². The molecule has 84 valence electrons. The quantitative estimate of drug-likeness (QED) is 0.861. The lowest BCUT2D eigenvalue weighted by molar-refractivity contribution is 0.130. The van der Waals surface area contributed by atoms with E-state index in [1.54, 1.807) is 19.9 Å². The Morgan fingerprint density at radius 3 is 2.75 bits per heavy atom. The van der Waals surface area contributed by atoms with Crippen LogP contribution in [0, 0.1) is 11.3 Å². The van der Waals surface area contributed by atoms with Crippen LogP contribution in [0.5, 0.6) is 0 Å². The number of hydrogen-bond donors (Lipinski definition) is 1. The van der Waals surface area contributed by atoms with Crippen LogP contribution in [0.25, 0.3) is 0 Å². The van der Waals surface area contributed by atoms with Gasteiger partial charge in [-0.3, -0.25) is 5.32 Å². The van der Waals surface area contributed by atoms with Gasteiger partial charge in [0, 0.05) is 5.69 Å². The molecular formula is C11H11ClN2O2. The maximum absolute atomic E-state index is 11.2. The number of rotatable bonds is 2. The zero-order chi connectivity index (χ0) is 12.1. The van der Waals surface area contributed by atoms with E-state index in [1.807, 2.05) is 6.07 Å². The molecule has 0 aliphatic heterocycles. The highest BCUT2D eigenvalue weighted by molar-refractivity contribution is 6.32. The van der Waals surface area contributed by atoms with Crippen LogP contribution in [0.2, 0.25) is 5.02 Å². The topological polar surface area (TPSA) is 62.1 Å². The SMILES string of the molecule is CC(C)OC(=O)Nc1ccc(C#N)c(Cl)c1. The van der Waals surface area contributed by atoms with Crippen molar-refractivity contribution in [1.29, 1.82) is 5.26 Å². The minimum Gasteiger partial charge on any atom is -0.447 e. The van der Waals surface area contributed by atoms with Gasteiger partial charge in [0.15, 0.2) is 0 Å². The third kappa shape index (κ3) is 3.44. The molecule has 0 saturated carbocycles. The van der Waals surface area contributed by atoms with Gasteiger partial charge in [0.05, 0.1) is 16.7 Å². The van der Waals surface area contributed by atoms with Crippen molar-refractivity contribution in [2.24, 2.45) is 0 Å². The third-order valence-corrected chi connectivity index (χ3v) is 1.99. The molecule has 0 aromatic heterocycles. The van der Waals surface area contributed by atoms with Crippen molar-refractivity contribution in [2.45, 2.75) is 20.0 Å². The fourth-order valence-corrected chi connectivity index (χ4v) is 1.27. The van der Waals surface area contributed by atoms with Crippen LogP contribution >= 0.6 is 11.6 Å². The highest BCUT2D eigenvalue weighted by atomic mass is 35.5. The van der Waals surface area contributed by atoms with Crippen LogP contribution in [0.3, 0.4) is 0 Å². The Kier molecular flexibility index (Phi) is 4.15. The molecule has 0 fully saturated rings. The molecule has 0 atom stereocenters. The van der Waals surface area contributed by atoms with E-state index in [9.17, 15) is 4.79 Å². The smallest absolute Gasteiger partial charge is 0.411 e. The lowest BCUT2D eigenvalue weighted by Gasteiger charge is -2.09. The van der Waals surface area contributed by atoms with Crippen molar-refractivity contribution in [3.63, 3.8) is 0 Å². The van der Waals surface area contributed by atoms with Gasteiger partial charge >= 0.3 is 6.09 Å². The van der Waals surface area contributed by atoms with E-state index in [-0.39, 0.29) is 6.10 Å². The van der Waals surface area contributed by atoms with E-state index in [0.29, 0.717) is 16.3 Å². The molecule has 1 N–H and O–H groups in total. The monoisotopic (exact) mass is 238 g/mol. The van der Waals surface area contributed by atoms with Crippen molar-refractivity contribution in [2.75, 3.05) is 5.32 Å². The summed E-state index contributed by atoms with van der Waals surface area (Å²) in [7, 11) is 0. The van der Waals surface area contributed by atoms with Crippen LogP contribution in [0.1, 0.15) is 19.4 Å². The number of amides is 1. The molecular weight excluding hydrogens is 228 g/mol.